The first-order chi connectivity index (χ1) is 19.7. The first-order valence-electron chi connectivity index (χ1n) is 13.6. The maximum absolute atomic E-state index is 14.1. The van der Waals surface area contributed by atoms with E-state index < -0.39 is 64.7 Å². The predicted octanol–water partition coefficient (Wildman–Crippen LogP) is 6.21. The Morgan fingerprint density at radius 3 is 2.36 bits per heavy atom. The maximum Gasteiger partial charge on any atom is 0.426 e. The van der Waals surface area contributed by atoms with Gasteiger partial charge in [-0.05, 0) is 61.1 Å². The van der Waals surface area contributed by atoms with Crippen molar-refractivity contribution in [2.45, 2.75) is 75.9 Å². The number of fused-ring (bicyclic) bond motifs is 5. The van der Waals surface area contributed by atoms with Gasteiger partial charge in [0.05, 0.1) is 11.3 Å². The van der Waals surface area contributed by atoms with Crippen molar-refractivity contribution < 1.29 is 40.7 Å². The number of hydrogen-bond acceptors (Lipinski definition) is 7. The third-order valence-corrected chi connectivity index (χ3v) is 7.96. The Labute approximate surface area is 236 Å². The number of aliphatic hydroxyl groups is 1. The maximum atomic E-state index is 14.1. The number of pyridine rings is 1. The monoisotopic (exact) mass is 597 g/mol. The Morgan fingerprint density at radius 1 is 1.05 bits per heavy atom. The van der Waals surface area contributed by atoms with Crippen molar-refractivity contribution >= 4 is 11.6 Å². The molecular weight excluding hydrogens is 568 g/mol. The summed E-state index contributed by atoms with van der Waals surface area (Å²) >= 11 is 0. The first-order valence-corrected chi connectivity index (χ1v) is 13.6. The SMILES string of the molecule is C[C@H]1C[C@H](c2ccc(CN3CCCCC[C@](O)(C(F)(F)F)c4nnc(o4)-c4nc(c(C(F)(F)F)cc4N)C3=O)cc2)C1. The van der Waals surface area contributed by atoms with Gasteiger partial charge in [-0.3, -0.25) is 4.79 Å². The molecule has 42 heavy (non-hydrogen) atoms. The van der Waals surface area contributed by atoms with Crippen molar-refractivity contribution in [3.63, 3.8) is 0 Å². The van der Waals surface area contributed by atoms with Gasteiger partial charge in [-0.2, -0.15) is 26.3 Å². The van der Waals surface area contributed by atoms with Crippen LogP contribution in [0.3, 0.4) is 0 Å². The average Bonchev–Trinajstić information content (AvgIpc) is 3.39. The van der Waals surface area contributed by atoms with Gasteiger partial charge in [-0.25, -0.2) is 4.98 Å². The van der Waals surface area contributed by atoms with E-state index >= 15 is 0 Å². The highest BCUT2D eigenvalue weighted by molar-refractivity contribution is 5.95. The van der Waals surface area contributed by atoms with Gasteiger partial charge in [0.1, 0.15) is 5.69 Å². The van der Waals surface area contributed by atoms with Crippen molar-refractivity contribution in [3.8, 4) is 11.6 Å². The Morgan fingerprint density at radius 2 is 1.74 bits per heavy atom. The molecule has 1 aromatic carbocycles. The van der Waals surface area contributed by atoms with Gasteiger partial charge in [0.2, 0.25) is 5.60 Å². The van der Waals surface area contributed by atoms with Crippen LogP contribution >= 0.6 is 0 Å². The first kappa shape index (κ1) is 29.8. The zero-order valence-electron chi connectivity index (χ0n) is 22.6. The van der Waals surface area contributed by atoms with Crippen LogP contribution < -0.4 is 5.73 Å². The molecule has 226 valence electrons. The number of aromatic nitrogens is 3. The highest BCUT2D eigenvalue weighted by Gasteiger charge is 2.58. The molecule has 2 aliphatic rings. The Kier molecular flexibility index (Phi) is 7.71. The van der Waals surface area contributed by atoms with E-state index in [1.807, 2.05) is 24.3 Å². The molecule has 0 unspecified atom stereocenters. The summed E-state index contributed by atoms with van der Waals surface area (Å²) < 4.78 is 89.1. The standard InChI is InChI=1S/C28H29F6N5O3/c1-15-11-18(12-15)17-7-5-16(6-8-17)14-39-10-4-2-3-9-26(41,28(32,33)34)25-38-37-23(42-25)22-20(35)13-19(27(29,30)31)21(36-22)24(39)40/h5-8,13,15,18,41H,2-4,9-12,14,35H2,1H3/t15-,18-,26-/m1/s1. The summed E-state index contributed by atoms with van der Waals surface area (Å²) in [5.41, 5.74) is 0.428. The summed E-state index contributed by atoms with van der Waals surface area (Å²) in [5, 5.41) is 17.4. The van der Waals surface area contributed by atoms with E-state index in [-0.39, 0.29) is 32.4 Å². The van der Waals surface area contributed by atoms with Crippen LogP contribution in [0.1, 0.15) is 84.4 Å². The normalized spacial score (nSPS) is 23.8. The Balaban J connectivity index is 1.55. The number of nitrogens with two attached hydrogens (primary N) is 1. The van der Waals surface area contributed by atoms with E-state index in [1.165, 1.54) is 4.90 Å². The molecular formula is C28H29F6N5O3. The van der Waals surface area contributed by atoms with Crippen LogP contribution in [0.2, 0.25) is 0 Å². The molecule has 8 nitrogen and oxygen atoms in total. The molecule has 1 aliphatic carbocycles. The van der Waals surface area contributed by atoms with Gasteiger partial charge in [-0.15, -0.1) is 10.2 Å². The van der Waals surface area contributed by atoms with Crippen molar-refractivity contribution in [2.75, 3.05) is 12.3 Å². The highest BCUT2D eigenvalue weighted by Crippen LogP contribution is 2.44. The van der Waals surface area contributed by atoms with Crippen LogP contribution in [0.5, 0.6) is 0 Å². The zero-order chi connectivity index (χ0) is 30.4. The second-order valence-electron chi connectivity index (χ2n) is 11.1. The molecule has 0 saturated heterocycles. The molecule has 1 fully saturated rings. The smallest absolute Gasteiger partial charge is 0.416 e. The number of nitrogens with zero attached hydrogens (tertiary/aromatic N) is 4. The number of rotatable bonds is 3. The number of benzene rings is 1. The lowest BCUT2D eigenvalue weighted by Gasteiger charge is -2.33. The van der Waals surface area contributed by atoms with Gasteiger partial charge in [0.15, 0.2) is 5.69 Å². The number of carbonyl (C=O) groups is 1. The van der Waals surface area contributed by atoms with Crippen molar-refractivity contribution in [3.05, 3.63) is 58.6 Å². The average molecular weight is 598 g/mol. The summed E-state index contributed by atoms with van der Waals surface area (Å²) in [5.74, 6) is -1.91. The van der Waals surface area contributed by atoms with Crippen LogP contribution in [0.25, 0.3) is 11.6 Å². The minimum absolute atomic E-state index is 0.0595. The minimum atomic E-state index is -5.19. The summed E-state index contributed by atoms with van der Waals surface area (Å²) in [7, 11) is 0. The fourth-order valence-electron chi connectivity index (χ4n) is 5.49. The molecule has 1 aliphatic heterocycles. The lowest BCUT2D eigenvalue weighted by atomic mass is 9.72. The molecule has 4 bridgehead atoms. The highest BCUT2D eigenvalue weighted by atomic mass is 19.4. The van der Waals surface area contributed by atoms with Crippen LogP contribution in [-0.2, 0) is 18.3 Å². The van der Waals surface area contributed by atoms with Gasteiger partial charge in [0, 0.05) is 13.1 Å². The number of carbonyl (C=O) groups excluding carboxylic acids is 1. The summed E-state index contributed by atoms with van der Waals surface area (Å²) in [6.07, 6.45) is -8.77. The van der Waals surface area contributed by atoms with Gasteiger partial charge >= 0.3 is 12.4 Å². The van der Waals surface area contributed by atoms with Crippen LogP contribution in [-0.4, -0.2) is 43.8 Å². The third-order valence-electron chi connectivity index (χ3n) is 7.96. The molecule has 1 saturated carbocycles. The number of alkyl halides is 6. The van der Waals surface area contributed by atoms with E-state index in [1.54, 1.807) is 0 Å². The Hall–Kier alpha value is -3.68. The number of nitrogen functional groups attached to an aromatic ring is 1. The van der Waals surface area contributed by atoms with E-state index in [9.17, 15) is 36.2 Å². The van der Waals surface area contributed by atoms with Crippen LogP contribution in [0.15, 0.2) is 34.7 Å². The molecule has 14 heteroatoms. The second-order valence-corrected chi connectivity index (χ2v) is 11.1. The number of hydrogen-bond donors (Lipinski definition) is 2. The largest absolute Gasteiger partial charge is 0.426 e. The van der Waals surface area contributed by atoms with Gasteiger partial charge < -0.3 is 20.2 Å². The topological polar surface area (TPSA) is 118 Å². The molecule has 2 aromatic heterocycles. The lowest BCUT2D eigenvalue weighted by Crippen LogP contribution is -2.42. The number of amides is 1. The quantitative estimate of drug-likeness (QED) is 0.345. The molecule has 0 spiro atoms. The van der Waals surface area contributed by atoms with Crippen molar-refractivity contribution in [2.24, 2.45) is 5.92 Å². The van der Waals surface area contributed by atoms with E-state index in [0.717, 1.165) is 18.4 Å². The van der Waals surface area contributed by atoms with Gasteiger partial charge in [-0.1, -0.05) is 37.6 Å². The molecule has 1 amide bonds. The lowest BCUT2D eigenvalue weighted by molar-refractivity contribution is -0.277. The molecule has 0 radical (unpaired) electrons. The summed E-state index contributed by atoms with van der Waals surface area (Å²) in [6, 6.07) is 7.96. The molecule has 5 rings (SSSR count). The summed E-state index contributed by atoms with van der Waals surface area (Å²) in [6.45, 7) is 2.04. The van der Waals surface area contributed by atoms with Crippen LogP contribution in [0.4, 0.5) is 32.0 Å². The fourth-order valence-corrected chi connectivity index (χ4v) is 5.49. The molecule has 3 heterocycles. The fraction of sp³-hybridized carbons (Fsp3) is 0.500. The third kappa shape index (κ3) is 5.68. The van der Waals surface area contributed by atoms with Crippen molar-refractivity contribution in [1.82, 2.24) is 20.1 Å². The van der Waals surface area contributed by atoms with E-state index in [2.05, 4.69) is 22.1 Å². The number of halogens is 6. The molecule has 1 atom stereocenters. The second kappa shape index (κ2) is 10.9. The zero-order valence-corrected chi connectivity index (χ0v) is 22.6. The molecule has 3 aromatic rings. The predicted molar refractivity (Wildman–Crippen MR) is 138 cm³/mol. The van der Waals surface area contributed by atoms with Gasteiger partial charge in [0.25, 0.3) is 17.7 Å². The number of anilines is 1. The van der Waals surface area contributed by atoms with Crippen molar-refractivity contribution in [1.29, 1.82) is 0 Å². The van der Waals surface area contributed by atoms with Crippen LogP contribution in [0, 0.1) is 5.92 Å². The Bertz CT molecular complexity index is 1450. The minimum Gasteiger partial charge on any atom is -0.416 e. The van der Waals surface area contributed by atoms with E-state index in [4.69, 9.17) is 10.2 Å². The summed E-state index contributed by atoms with van der Waals surface area (Å²) in [4.78, 5) is 18.7. The van der Waals surface area contributed by atoms with E-state index in [0.29, 0.717) is 23.5 Å². The molecule has 3 N–H and O–H groups in total.